The average Bonchev–Trinajstić information content (AvgIpc) is 2.83. The summed E-state index contributed by atoms with van der Waals surface area (Å²) >= 11 is 0. The number of hydrogen-bond acceptors (Lipinski definition) is 3. The maximum absolute atomic E-state index is 12.1. The van der Waals surface area contributed by atoms with Crippen molar-refractivity contribution in [2.75, 3.05) is 20.8 Å². The first-order valence-electron chi connectivity index (χ1n) is 7.15. The Morgan fingerprint density at radius 1 is 1.38 bits per heavy atom. The molecule has 1 aromatic heterocycles. The fraction of sp³-hybridized carbons (Fsp3) is 0.438. The van der Waals surface area contributed by atoms with Gasteiger partial charge >= 0.3 is 0 Å². The van der Waals surface area contributed by atoms with E-state index in [0.29, 0.717) is 13.2 Å². The second-order valence-corrected chi connectivity index (χ2v) is 5.25. The van der Waals surface area contributed by atoms with Gasteiger partial charge in [-0.3, -0.25) is 4.79 Å². The van der Waals surface area contributed by atoms with Gasteiger partial charge in [0.25, 0.3) is 0 Å². The average molecular weight is 289 g/mol. The van der Waals surface area contributed by atoms with E-state index in [1.165, 1.54) is 10.9 Å². The molecule has 1 heterocycles. The molecule has 0 spiro atoms. The zero-order chi connectivity index (χ0) is 15.2. The molecule has 0 aliphatic rings. The largest absolute Gasteiger partial charge is 0.383 e. The third-order valence-corrected chi connectivity index (χ3v) is 3.41. The number of fused-ring (bicyclic) bond motifs is 1. The first kappa shape index (κ1) is 15.5. The monoisotopic (exact) mass is 289 g/mol. The molecule has 0 aliphatic carbocycles. The molecule has 1 aromatic carbocycles. The number of amides is 1. The lowest BCUT2D eigenvalue weighted by atomic mass is 10.1. The van der Waals surface area contributed by atoms with Crippen molar-refractivity contribution in [2.45, 2.75) is 26.1 Å². The van der Waals surface area contributed by atoms with Gasteiger partial charge in [-0.2, -0.15) is 0 Å². The molecule has 2 aromatic rings. The van der Waals surface area contributed by atoms with Gasteiger partial charge in [0, 0.05) is 36.8 Å². The molecule has 21 heavy (non-hydrogen) atoms. The second kappa shape index (κ2) is 7.24. The zero-order valence-electron chi connectivity index (χ0n) is 12.8. The molecule has 2 N–H and O–H groups in total. The number of nitrogens with zero attached hydrogens (tertiary/aromatic N) is 1. The van der Waals surface area contributed by atoms with Crippen LogP contribution in [0, 0.1) is 0 Å². The molecule has 0 radical (unpaired) electrons. The van der Waals surface area contributed by atoms with Crippen molar-refractivity contribution < 1.29 is 9.53 Å². The Balaban J connectivity index is 2.12. The molecular weight excluding hydrogens is 266 g/mol. The minimum atomic E-state index is -0.00364. The molecule has 2 rings (SSSR count). The highest BCUT2D eigenvalue weighted by molar-refractivity contribution is 5.86. The lowest BCUT2D eigenvalue weighted by molar-refractivity contribution is -0.122. The van der Waals surface area contributed by atoms with Crippen LogP contribution in [0.2, 0.25) is 0 Å². The summed E-state index contributed by atoms with van der Waals surface area (Å²) in [5.74, 6) is -0.00364. The van der Waals surface area contributed by atoms with E-state index < -0.39 is 0 Å². The van der Waals surface area contributed by atoms with Gasteiger partial charge in [0.1, 0.15) is 6.54 Å². The van der Waals surface area contributed by atoms with Crippen LogP contribution in [0.1, 0.15) is 12.5 Å². The first-order valence-corrected chi connectivity index (χ1v) is 7.15. The van der Waals surface area contributed by atoms with Crippen LogP contribution in [0.4, 0.5) is 0 Å². The van der Waals surface area contributed by atoms with Crippen molar-refractivity contribution in [3.8, 4) is 0 Å². The molecule has 0 fully saturated rings. The van der Waals surface area contributed by atoms with Crippen LogP contribution in [0.5, 0.6) is 0 Å². The van der Waals surface area contributed by atoms with E-state index in [-0.39, 0.29) is 11.9 Å². The van der Waals surface area contributed by atoms with Gasteiger partial charge in [-0.25, -0.2) is 0 Å². The first-order chi connectivity index (χ1) is 10.2. The van der Waals surface area contributed by atoms with Crippen molar-refractivity contribution in [1.82, 2.24) is 15.2 Å². The maximum Gasteiger partial charge on any atom is 0.240 e. The molecule has 0 saturated carbocycles. The normalized spacial score (nSPS) is 12.5. The Bertz CT molecular complexity index is 607. The summed E-state index contributed by atoms with van der Waals surface area (Å²) in [6.07, 6.45) is 1.96. The van der Waals surface area contributed by atoms with Crippen molar-refractivity contribution in [1.29, 1.82) is 0 Å². The van der Waals surface area contributed by atoms with Crippen LogP contribution < -0.4 is 10.6 Å². The maximum atomic E-state index is 12.1. The Morgan fingerprint density at radius 2 is 2.19 bits per heavy atom. The summed E-state index contributed by atoms with van der Waals surface area (Å²) in [6, 6.07) is 8.25. The molecule has 0 bridgehead atoms. The van der Waals surface area contributed by atoms with Crippen molar-refractivity contribution >= 4 is 16.8 Å². The fourth-order valence-corrected chi connectivity index (χ4v) is 2.54. The van der Waals surface area contributed by atoms with Gasteiger partial charge in [-0.1, -0.05) is 12.1 Å². The zero-order valence-corrected chi connectivity index (χ0v) is 12.8. The van der Waals surface area contributed by atoms with Gasteiger partial charge in [-0.15, -0.1) is 0 Å². The molecule has 1 atom stereocenters. The smallest absolute Gasteiger partial charge is 0.240 e. The summed E-state index contributed by atoms with van der Waals surface area (Å²) in [7, 11) is 3.56. The topological polar surface area (TPSA) is 55.3 Å². The number of carbonyl (C=O) groups excluding carboxylic acids is 1. The molecule has 5 heteroatoms. The summed E-state index contributed by atoms with van der Waals surface area (Å²) in [6.45, 7) is 3.59. The van der Waals surface area contributed by atoms with E-state index in [0.717, 1.165) is 12.1 Å². The number of benzene rings is 1. The second-order valence-electron chi connectivity index (χ2n) is 5.25. The summed E-state index contributed by atoms with van der Waals surface area (Å²) in [4.78, 5) is 12.1. The molecule has 114 valence electrons. The van der Waals surface area contributed by atoms with Gasteiger partial charge in [-0.05, 0) is 31.7 Å². The van der Waals surface area contributed by atoms with E-state index >= 15 is 0 Å². The van der Waals surface area contributed by atoms with E-state index in [4.69, 9.17) is 4.74 Å². The molecule has 0 aliphatic heterocycles. The van der Waals surface area contributed by atoms with E-state index in [1.807, 2.05) is 36.9 Å². The molecule has 1 unspecified atom stereocenters. The predicted octanol–water partition coefficient (Wildman–Crippen LogP) is 1.51. The number of rotatable bonds is 7. The van der Waals surface area contributed by atoms with Crippen LogP contribution in [-0.4, -0.2) is 37.3 Å². The summed E-state index contributed by atoms with van der Waals surface area (Å²) in [5, 5.41) is 7.28. The van der Waals surface area contributed by atoms with Gasteiger partial charge < -0.3 is 19.9 Å². The van der Waals surface area contributed by atoms with Crippen molar-refractivity contribution in [3.63, 3.8) is 0 Å². The highest BCUT2D eigenvalue weighted by Crippen LogP contribution is 2.20. The standard InChI is InChI=1S/C16H23N3O2/c1-12(11-21-3)18-16(20)10-19-8-7-14-13(9-17-2)5-4-6-15(14)19/h4-8,12,17H,9-11H2,1-3H3,(H,18,20). The van der Waals surface area contributed by atoms with Crippen LogP contribution in [0.15, 0.2) is 30.5 Å². The summed E-state index contributed by atoms with van der Waals surface area (Å²) < 4.78 is 7.00. The third kappa shape index (κ3) is 3.83. The number of carbonyl (C=O) groups is 1. The Labute approximate surface area is 125 Å². The predicted molar refractivity (Wildman–Crippen MR) is 84.2 cm³/mol. The molecule has 1 amide bonds. The van der Waals surface area contributed by atoms with Gasteiger partial charge in [0.2, 0.25) is 5.91 Å². The highest BCUT2D eigenvalue weighted by atomic mass is 16.5. The minimum absolute atomic E-state index is 0.00364. The van der Waals surface area contributed by atoms with E-state index in [9.17, 15) is 4.79 Å². The van der Waals surface area contributed by atoms with Crippen molar-refractivity contribution in [3.05, 3.63) is 36.0 Å². The van der Waals surface area contributed by atoms with E-state index in [2.05, 4.69) is 22.8 Å². The summed E-state index contributed by atoms with van der Waals surface area (Å²) in [5.41, 5.74) is 2.32. The number of ether oxygens (including phenoxy) is 1. The number of hydrogen-bond donors (Lipinski definition) is 2. The van der Waals surface area contributed by atoms with Crippen LogP contribution in [0.3, 0.4) is 0 Å². The minimum Gasteiger partial charge on any atom is -0.383 e. The molecule has 5 nitrogen and oxygen atoms in total. The molecule has 0 saturated heterocycles. The SMILES string of the molecule is CNCc1cccc2c1ccn2CC(=O)NC(C)COC. The quantitative estimate of drug-likeness (QED) is 0.812. The van der Waals surface area contributed by atoms with E-state index in [1.54, 1.807) is 7.11 Å². The Morgan fingerprint density at radius 3 is 2.90 bits per heavy atom. The van der Waals surface area contributed by atoms with Crippen LogP contribution in [-0.2, 0) is 22.6 Å². The number of aromatic nitrogens is 1. The lowest BCUT2D eigenvalue weighted by Crippen LogP contribution is -2.37. The van der Waals surface area contributed by atoms with Crippen LogP contribution >= 0.6 is 0 Å². The highest BCUT2D eigenvalue weighted by Gasteiger charge is 2.10. The van der Waals surface area contributed by atoms with Crippen LogP contribution in [0.25, 0.3) is 10.9 Å². The molecular formula is C16H23N3O2. The number of nitrogens with one attached hydrogen (secondary N) is 2. The van der Waals surface area contributed by atoms with Crippen molar-refractivity contribution in [2.24, 2.45) is 0 Å². The lowest BCUT2D eigenvalue weighted by Gasteiger charge is -2.13. The third-order valence-electron chi connectivity index (χ3n) is 3.41. The number of methoxy groups -OCH3 is 1. The Hall–Kier alpha value is -1.85. The van der Waals surface area contributed by atoms with Gasteiger partial charge in [0.05, 0.1) is 6.61 Å². The fourth-order valence-electron chi connectivity index (χ4n) is 2.54. The van der Waals surface area contributed by atoms with Gasteiger partial charge in [0.15, 0.2) is 0 Å². The Kier molecular flexibility index (Phi) is 5.36.